The van der Waals surface area contributed by atoms with Crippen molar-refractivity contribution in [2.75, 3.05) is 23.2 Å². The lowest BCUT2D eigenvalue weighted by molar-refractivity contribution is -0.383. The van der Waals surface area contributed by atoms with Gasteiger partial charge in [0.15, 0.2) is 0 Å². The van der Waals surface area contributed by atoms with Crippen molar-refractivity contribution in [3.05, 3.63) is 58.6 Å². The van der Waals surface area contributed by atoms with Crippen LogP contribution >= 0.6 is 0 Å². The first-order valence-corrected chi connectivity index (χ1v) is 9.66. The van der Waals surface area contributed by atoms with E-state index in [4.69, 9.17) is 4.74 Å². The fraction of sp³-hybridized carbons (Fsp3) is 0.294. The van der Waals surface area contributed by atoms with E-state index in [1.165, 1.54) is 30.3 Å². The third kappa shape index (κ3) is 4.30. The zero-order valence-corrected chi connectivity index (χ0v) is 14.7. The highest BCUT2D eigenvalue weighted by Crippen LogP contribution is 2.29. The van der Waals surface area contributed by atoms with Gasteiger partial charge in [0.1, 0.15) is 5.69 Å². The number of nitro benzene ring substituents is 1. The standard InChI is InChI=1S/C17H19N3O5S/c21-20(22)17-11-13(19-26(23,24)15-6-2-1-3-7-15)8-9-16(17)18-12-14-5-4-10-25-14/h1-3,6-9,11,14,18-19H,4-5,10,12H2/t14-/m1/s1. The fourth-order valence-electron chi connectivity index (χ4n) is 2.74. The van der Waals surface area contributed by atoms with E-state index in [9.17, 15) is 18.5 Å². The van der Waals surface area contributed by atoms with Gasteiger partial charge in [0.2, 0.25) is 0 Å². The summed E-state index contributed by atoms with van der Waals surface area (Å²) in [6.45, 7) is 1.17. The van der Waals surface area contributed by atoms with Gasteiger partial charge in [-0.3, -0.25) is 14.8 Å². The van der Waals surface area contributed by atoms with Gasteiger partial charge in [0.05, 0.1) is 21.6 Å². The van der Waals surface area contributed by atoms with Crippen LogP contribution in [0.1, 0.15) is 12.8 Å². The molecule has 0 unspecified atom stereocenters. The Labute approximate surface area is 151 Å². The highest BCUT2D eigenvalue weighted by atomic mass is 32.2. The Kier molecular flexibility index (Phi) is 5.38. The summed E-state index contributed by atoms with van der Waals surface area (Å²) in [4.78, 5) is 10.9. The normalized spacial score (nSPS) is 17.0. The van der Waals surface area contributed by atoms with Crippen molar-refractivity contribution in [1.29, 1.82) is 0 Å². The van der Waals surface area contributed by atoms with Crippen LogP contribution in [0.5, 0.6) is 0 Å². The van der Waals surface area contributed by atoms with E-state index in [1.54, 1.807) is 18.2 Å². The van der Waals surface area contributed by atoms with Crippen molar-refractivity contribution in [3.8, 4) is 0 Å². The predicted molar refractivity (Wildman–Crippen MR) is 97.8 cm³/mol. The number of ether oxygens (including phenoxy) is 1. The maximum atomic E-state index is 12.4. The third-order valence-corrected chi connectivity index (χ3v) is 5.44. The minimum Gasteiger partial charge on any atom is -0.377 e. The molecule has 8 nitrogen and oxygen atoms in total. The highest BCUT2D eigenvalue weighted by molar-refractivity contribution is 7.92. The molecule has 0 radical (unpaired) electrons. The Morgan fingerprint density at radius 2 is 1.96 bits per heavy atom. The number of rotatable bonds is 7. The van der Waals surface area contributed by atoms with Gasteiger partial charge in [-0.2, -0.15) is 0 Å². The lowest BCUT2D eigenvalue weighted by Crippen LogP contribution is -2.19. The van der Waals surface area contributed by atoms with Crippen molar-refractivity contribution in [3.63, 3.8) is 0 Å². The van der Waals surface area contributed by atoms with Gasteiger partial charge >= 0.3 is 0 Å². The second kappa shape index (κ2) is 7.71. The number of nitro groups is 1. The zero-order valence-electron chi connectivity index (χ0n) is 13.9. The lowest BCUT2D eigenvalue weighted by atomic mass is 10.2. The summed E-state index contributed by atoms with van der Waals surface area (Å²) >= 11 is 0. The minimum absolute atomic E-state index is 0.0332. The molecule has 1 fully saturated rings. The highest BCUT2D eigenvalue weighted by Gasteiger charge is 2.20. The van der Waals surface area contributed by atoms with E-state index in [0.717, 1.165) is 12.8 Å². The first-order valence-electron chi connectivity index (χ1n) is 8.17. The van der Waals surface area contributed by atoms with Gasteiger partial charge in [-0.05, 0) is 37.1 Å². The molecule has 138 valence electrons. The Morgan fingerprint density at radius 1 is 1.19 bits per heavy atom. The molecule has 0 spiro atoms. The smallest absolute Gasteiger partial charge is 0.294 e. The maximum Gasteiger partial charge on any atom is 0.294 e. The molecular weight excluding hydrogens is 358 g/mol. The van der Waals surface area contributed by atoms with E-state index in [2.05, 4.69) is 10.0 Å². The molecule has 9 heteroatoms. The van der Waals surface area contributed by atoms with Crippen LogP contribution in [0, 0.1) is 10.1 Å². The van der Waals surface area contributed by atoms with E-state index in [1.807, 2.05) is 0 Å². The monoisotopic (exact) mass is 377 g/mol. The molecule has 26 heavy (non-hydrogen) atoms. The van der Waals surface area contributed by atoms with Gasteiger partial charge in [0.25, 0.3) is 15.7 Å². The maximum absolute atomic E-state index is 12.4. The largest absolute Gasteiger partial charge is 0.377 e. The quantitative estimate of drug-likeness (QED) is 0.567. The van der Waals surface area contributed by atoms with Crippen molar-refractivity contribution < 1.29 is 18.1 Å². The molecule has 0 bridgehead atoms. The Bertz CT molecular complexity index is 881. The molecular formula is C17H19N3O5S. The number of hydrogen-bond acceptors (Lipinski definition) is 6. The van der Waals surface area contributed by atoms with Crippen LogP contribution in [0.25, 0.3) is 0 Å². The van der Waals surface area contributed by atoms with Crippen LogP contribution in [0.2, 0.25) is 0 Å². The first-order chi connectivity index (χ1) is 12.5. The molecule has 2 aromatic carbocycles. The molecule has 0 amide bonds. The molecule has 1 aliphatic rings. The Morgan fingerprint density at radius 3 is 2.62 bits per heavy atom. The summed E-state index contributed by atoms with van der Waals surface area (Å²) in [6, 6.07) is 12.0. The molecule has 2 N–H and O–H groups in total. The molecule has 1 heterocycles. The van der Waals surface area contributed by atoms with Gasteiger partial charge in [-0.1, -0.05) is 18.2 Å². The van der Waals surface area contributed by atoms with E-state index in [-0.39, 0.29) is 22.4 Å². The minimum atomic E-state index is -3.81. The van der Waals surface area contributed by atoms with Crippen molar-refractivity contribution in [2.24, 2.45) is 0 Å². The van der Waals surface area contributed by atoms with Gasteiger partial charge < -0.3 is 10.1 Å². The van der Waals surface area contributed by atoms with E-state index in [0.29, 0.717) is 18.8 Å². The molecule has 1 aliphatic heterocycles. The summed E-state index contributed by atoms with van der Waals surface area (Å²) in [6.07, 6.45) is 1.93. The van der Waals surface area contributed by atoms with Crippen LogP contribution in [-0.2, 0) is 14.8 Å². The van der Waals surface area contributed by atoms with Gasteiger partial charge in [-0.15, -0.1) is 0 Å². The average Bonchev–Trinajstić information content (AvgIpc) is 3.14. The molecule has 1 atom stereocenters. The number of anilines is 2. The van der Waals surface area contributed by atoms with Gasteiger partial charge in [-0.25, -0.2) is 8.42 Å². The zero-order chi connectivity index (χ0) is 18.6. The van der Waals surface area contributed by atoms with Crippen LogP contribution in [0.15, 0.2) is 53.4 Å². The fourth-order valence-corrected chi connectivity index (χ4v) is 3.81. The van der Waals surface area contributed by atoms with Crippen molar-refractivity contribution in [1.82, 2.24) is 0 Å². The van der Waals surface area contributed by atoms with Crippen LogP contribution in [-0.4, -0.2) is 32.6 Å². The van der Waals surface area contributed by atoms with Crippen molar-refractivity contribution >= 4 is 27.1 Å². The van der Waals surface area contributed by atoms with Crippen LogP contribution in [0.4, 0.5) is 17.1 Å². The predicted octanol–water partition coefficient (Wildman–Crippen LogP) is 2.99. The summed E-state index contributed by atoms with van der Waals surface area (Å²) in [5, 5.41) is 14.4. The number of benzene rings is 2. The number of nitrogens with zero attached hydrogens (tertiary/aromatic N) is 1. The summed E-state index contributed by atoms with van der Waals surface area (Å²) in [5.74, 6) is 0. The molecule has 0 aliphatic carbocycles. The average molecular weight is 377 g/mol. The lowest BCUT2D eigenvalue weighted by Gasteiger charge is -2.13. The number of hydrogen-bond donors (Lipinski definition) is 2. The topological polar surface area (TPSA) is 111 Å². The molecule has 3 rings (SSSR count). The molecule has 1 saturated heterocycles. The molecule has 0 saturated carbocycles. The molecule has 2 aromatic rings. The summed E-state index contributed by atoms with van der Waals surface area (Å²) in [5.41, 5.74) is 0.257. The van der Waals surface area contributed by atoms with E-state index < -0.39 is 14.9 Å². The van der Waals surface area contributed by atoms with E-state index >= 15 is 0 Å². The molecule has 0 aromatic heterocycles. The van der Waals surface area contributed by atoms with Crippen LogP contribution < -0.4 is 10.0 Å². The Balaban J connectivity index is 1.78. The first kappa shape index (κ1) is 18.2. The van der Waals surface area contributed by atoms with Gasteiger partial charge in [0, 0.05) is 19.2 Å². The van der Waals surface area contributed by atoms with Crippen molar-refractivity contribution in [2.45, 2.75) is 23.8 Å². The Hall–Kier alpha value is -2.65. The summed E-state index contributed by atoms with van der Waals surface area (Å²) < 4.78 is 32.6. The van der Waals surface area contributed by atoms with Crippen LogP contribution in [0.3, 0.4) is 0 Å². The SMILES string of the molecule is O=[N+]([O-])c1cc(NS(=O)(=O)c2ccccc2)ccc1NC[C@H]1CCCO1. The second-order valence-electron chi connectivity index (χ2n) is 5.92. The summed E-state index contributed by atoms with van der Waals surface area (Å²) in [7, 11) is -3.81. The number of nitrogens with one attached hydrogen (secondary N) is 2. The second-order valence-corrected chi connectivity index (χ2v) is 7.61. The third-order valence-electron chi connectivity index (χ3n) is 4.04. The number of sulfonamides is 1.